The van der Waals surface area contributed by atoms with E-state index in [1.165, 1.54) is 0 Å². The number of rotatable bonds is 3. The van der Waals surface area contributed by atoms with Crippen LogP contribution in [-0.4, -0.2) is 51.5 Å². The lowest BCUT2D eigenvalue weighted by Crippen LogP contribution is -2.47. The highest BCUT2D eigenvalue weighted by Crippen LogP contribution is 2.33. The Labute approximate surface area is 124 Å². The third kappa shape index (κ3) is 2.48. The molecular weight excluding hydrogens is 296 g/mol. The minimum absolute atomic E-state index is 0.260. The molecule has 1 spiro atoms. The molecule has 8 nitrogen and oxygen atoms in total. The summed E-state index contributed by atoms with van der Waals surface area (Å²) in [6.07, 6.45) is 0.600. The van der Waals surface area contributed by atoms with Crippen LogP contribution in [0.1, 0.15) is 12.2 Å². The minimum Gasteiger partial charge on any atom is -0.360 e. The number of aromatic nitrogens is 1. The third-order valence-corrected chi connectivity index (χ3v) is 4.65. The average molecular weight is 310 g/mol. The first kappa shape index (κ1) is 13.9. The fraction of sp³-hybridized carbons (Fsp3) is 0.500. The highest BCUT2D eigenvalue weighted by atomic mass is 32.2. The van der Waals surface area contributed by atoms with Gasteiger partial charge in [-0.3, -0.25) is 14.5 Å². The van der Waals surface area contributed by atoms with Crippen LogP contribution in [0.3, 0.4) is 0 Å². The largest absolute Gasteiger partial charge is 0.360 e. The number of hydrogen-bond donors (Lipinski definition) is 2. The van der Waals surface area contributed by atoms with Crippen LogP contribution < -0.4 is 10.6 Å². The Kier molecular flexibility index (Phi) is 3.36. The van der Waals surface area contributed by atoms with Crippen molar-refractivity contribution < 1.29 is 18.9 Å². The fourth-order valence-electron chi connectivity index (χ4n) is 2.40. The topological polar surface area (TPSA) is 105 Å². The highest BCUT2D eigenvalue weighted by Gasteiger charge is 2.53. The van der Waals surface area contributed by atoms with Crippen LogP contribution in [0, 0.1) is 6.92 Å². The van der Waals surface area contributed by atoms with Gasteiger partial charge >= 0.3 is 6.03 Å². The SMILES string of the molecule is Cc1cc(NC(=O)CN2C(=O)N[C@@]3(CCSC3)C2=O)no1. The van der Waals surface area contributed by atoms with Gasteiger partial charge in [0.15, 0.2) is 5.82 Å². The molecule has 112 valence electrons. The van der Waals surface area contributed by atoms with Crippen LogP contribution in [0.25, 0.3) is 0 Å². The van der Waals surface area contributed by atoms with E-state index in [-0.39, 0.29) is 18.3 Å². The number of carbonyl (C=O) groups excluding carboxylic acids is 3. The van der Waals surface area contributed by atoms with E-state index >= 15 is 0 Å². The molecule has 2 fully saturated rings. The number of anilines is 1. The van der Waals surface area contributed by atoms with Gasteiger partial charge in [-0.1, -0.05) is 5.16 Å². The summed E-state index contributed by atoms with van der Waals surface area (Å²) in [5.74, 6) is 1.37. The molecule has 9 heteroatoms. The molecule has 1 atom stereocenters. The summed E-state index contributed by atoms with van der Waals surface area (Å²) in [5, 5.41) is 8.82. The number of urea groups is 1. The number of amides is 4. The van der Waals surface area contributed by atoms with Crippen molar-refractivity contribution in [1.82, 2.24) is 15.4 Å². The van der Waals surface area contributed by atoms with Gasteiger partial charge in [0.05, 0.1) is 0 Å². The van der Waals surface area contributed by atoms with Gasteiger partial charge in [0.25, 0.3) is 5.91 Å². The van der Waals surface area contributed by atoms with Gasteiger partial charge < -0.3 is 15.2 Å². The number of imide groups is 1. The molecule has 2 saturated heterocycles. The van der Waals surface area contributed by atoms with E-state index in [1.807, 2.05) is 0 Å². The Morgan fingerprint density at radius 1 is 1.62 bits per heavy atom. The number of aryl methyl sites for hydroxylation is 1. The van der Waals surface area contributed by atoms with Gasteiger partial charge in [-0.15, -0.1) is 0 Å². The predicted octanol–water partition coefficient (Wildman–Crippen LogP) is 0.349. The molecular formula is C12H14N4O4S. The molecule has 0 aliphatic carbocycles. The Bertz CT molecular complexity index is 608. The van der Waals surface area contributed by atoms with Gasteiger partial charge in [-0.25, -0.2) is 4.79 Å². The quantitative estimate of drug-likeness (QED) is 0.781. The number of thioether (sulfide) groups is 1. The third-order valence-electron chi connectivity index (χ3n) is 3.46. The van der Waals surface area contributed by atoms with E-state index in [4.69, 9.17) is 4.52 Å². The summed E-state index contributed by atoms with van der Waals surface area (Å²) in [5.41, 5.74) is -0.827. The first-order valence-corrected chi connectivity index (χ1v) is 7.61. The van der Waals surface area contributed by atoms with Crippen molar-refractivity contribution in [3.63, 3.8) is 0 Å². The van der Waals surface area contributed by atoms with Crippen LogP contribution in [0.4, 0.5) is 10.6 Å². The summed E-state index contributed by atoms with van der Waals surface area (Å²) >= 11 is 1.62. The fourth-order valence-corrected chi connectivity index (χ4v) is 3.73. The standard InChI is InChI=1S/C12H14N4O4S/c1-7-4-8(15-20-7)13-9(17)5-16-10(18)12(14-11(16)19)2-3-21-6-12/h4H,2-3,5-6H2,1H3,(H,14,19)(H,13,15,17)/t12-/m1/s1. The van der Waals surface area contributed by atoms with Crippen LogP contribution >= 0.6 is 11.8 Å². The molecule has 1 aromatic rings. The van der Waals surface area contributed by atoms with E-state index < -0.39 is 17.5 Å². The summed E-state index contributed by atoms with van der Waals surface area (Å²) in [6, 6.07) is 1.03. The van der Waals surface area contributed by atoms with Gasteiger partial charge in [-0.05, 0) is 19.1 Å². The zero-order valence-electron chi connectivity index (χ0n) is 11.3. The maximum atomic E-state index is 12.3. The van der Waals surface area contributed by atoms with E-state index in [2.05, 4.69) is 15.8 Å². The van der Waals surface area contributed by atoms with Gasteiger partial charge in [0.2, 0.25) is 5.91 Å². The second-order valence-electron chi connectivity index (χ2n) is 5.08. The Balaban J connectivity index is 1.65. The number of carbonyl (C=O) groups is 3. The van der Waals surface area contributed by atoms with Crippen molar-refractivity contribution in [2.75, 3.05) is 23.4 Å². The molecule has 2 aliphatic rings. The Morgan fingerprint density at radius 3 is 3.05 bits per heavy atom. The molecule has 0 unspecified atom stereocenters. The normalized spacial score (nSPS) is 24.7. The molecule has 3 rings (SSSR count). The van der Waals surface area contributed by atoms with Crippen LogP contribution in [0.5, 0.6) is 0 Å². The van der Waals surface area contributed by atoms with Gasteiger partial charge in [0, 0.05) is 11.8 Å². The predicted molar refractivity (Wildman–Crippen MR) is 74.8 cm³/mol. The van der Waals surface area contributed by atoms with Crippen LogP contribution in [0.2, 0.25) is 0 Å². The molecule has 0 aromatic carbocycles. The zero-order valence-corrected chi connectivity index (χ0v) is 12.2. The highest BCUT2D eigenvalue weighted by molar-refractivity contribution is 7.99. The molecule has 2 N–H and O–H groups in total. The average Bonchev–Trinajstić information content (AvgIpc) is 3.09. The van der Waals surface area contributed by atoms with Crippen molar-refractivity contribution in [3.05, 3.63) is 11.8 Å². The lowest BCUT2D eigenvalue weighted by Gasteiger charge is -2.18. The summed E-state index contributed by atoms with van der Waals surface area (Å²) in [4.78, 5) is 37.1. The molecule has 0 radical (unpaired) electrons. The van der Waals surface area contributed by atoms with Crippen molar-refractivity contribution in [2.24, 2.45) is 0 Å². The monoisotopic (exact) mass is 310 g/mol. The van der Waals surface area contributed by atoms with Crippen molar-refractivity contribution in [1.29, 1.82) is 0 Å². The van der Waals surface area contributed by atoms with Crippen LogP contribution in [-0.2, 0) is 9.59 Å². The lowest BCUT2D eigenvalue weighted by molar-refractivity contribution is -0.133. The van der Waals surface area contributed by atoms with Crippen molar-refractivity contribution in [2.45, 2.75) is 18.9 Å². The van der Waals surface area contributed by atoms with E-state index in [0.717, 1.165) is 10.7 Å². The second kappa shape index (κ2) is 5.06. The molecule has 3 heterocycles. The summed E-state index contributed by atoms with van der Waals surface area (Å²) in [7, 11) is 0. The molecule has 21 heavy (non-hydrogen) atoms. The molecule has 0 saturated carbocycles. The summed E-state index contributed by atoms with van der Waals surface area (Å²) < 4.78 is 4.83. The first-order chi connectivity index (χ1) is 10.00. The second-order valence-corrected chi connectivity index (χ2v) is 6.18. The zero-order chi connectivity index (χ0) is 15.0. The van der Waals surface area contributed by atoms with E-state index in [9.17, 15) is 14.4 Å². The maximum Gasteiger partial charge on any atom is 0.325 e. The molecule has 4 amide bonds. The van der Waals surface area contributed by atoms with Gasteiger partial charge in [0.1, 0.15) is 17.8 Å². The molecule has 0 bridgehead atoms. The number of nitrogens with zero attached hydrogens (tertiary/aromatic N) is 2. The van der Waals surface area contributed by atoms with Crippen molar-refractivity contribution in [3.8, 4) is 0 Å². The Morgan fingerprint density at radius 2 is 2.43 bits per heavy atom. The molecule has 1 aromatic heterocycles. The van der Waals surface area contributed by atoms with E-state index in [1.54, 1.807) is 24.8 Å². The number of nitrogens with one attached hydrogen (secondary N) is 2. The van der Waals surface area contributed by atoms with Gasteiger partial charge in [-0.2, -0.15) is 11.8 Å². The molecule has 2 aliphatic heterocycles. The smallest absolute Gasteiger partial charge is 0.325 e. The lowest BCUT2D eigenvalue weighted by atomic mass is 9.99. The van der Waals surface area contributed by atoms with Crippen LogP contribution in [0.15, 0.2) is 10.6 Å². The maximum absolute atomic E-state index is 12.3. The van der Waals surface area contributed by atoms with E-state index in [0.29, 0.717) is 17.9 Å². The number of hydrogen-bond acceptors (Lipinski definition) is 6. The summed E-state index contributed by atoms with van der Waals surface area (Å²) in [6.45, 7) is 1.37. The minimum atomic E-state index is -0.827. The first-order valence-electron chi connectivity index (χ1n) is 6.45. The van der Waals surface area contributed by atoms with Crippen molar-refractivity contribution >= 4 is 35.4 Å². The Hall–Kier alpha value is -2.03.